The topological polar surface area (TPSA) is 33.0 Å². The number of hydrogen-bond donors (Lipinski definition) is 0. The molecule has 0 amide bonds. The van der Waals surface area contributed by atoms with Gasteiger partial charge in [-0.1, -0.05) is 20.8 Å². The largest absolute Gasteiger partial charge is 0.670 e. The Morgan fingerprint density at radius 2 is 1.90 bits per heavy atom. The number of nitrogens with one attached hydrogen (secondary N) is 1. The third kappa shape index (κ3) is 12.1. The Bertz CT molecular complexity index is 70.5. The van der Waals surface area contributed by atoms with Crippen LogP contribution in [0.2, 0.25) is 0 Å². The summed E-state index contributed by atoms with van der Waals surface area (Å²) in [5.74, 6) is 0. The van der Waals surface area contributed by atoms with E-state index in [0.29, 0.717) is 6.61 Å². The van der Waals surface area contributed by atoms with E-state index in [1.165, 1.54) is 0 Å². The van der Waals surface area contributed by atoms with E-state index in [1.807, 2.05) is 13.8 Å². The molecular weight excluding hydrogens is 341 g/mol. The maximum absolute atomic E-state index is 7.39. The monoisotopic (exact) mass is 357 g/mol. The van der Waals surface area contributed by atoms with Crippen molar-refractivity contribution in [2.45, 2.75) is 32.7 Å². The maximum Gasteiger partial charge on any atom is 0.0462 e. The molecule has 1 N–H and O–H groups in total. The van der Waals surface area contributed by atoms with Crippen molar-refractivity contribution in [2.75, 3.05) is 13.2 Å². The average Bonchev–Trinajstić information content (AvgIpc) is 1.63. The van der Waals surface area contributed by atoms with Crippen molar-refractivity contribution >= 4 is 0 Å². The van der Waals surface area contributed by atoms with Gasteiger partial charge in [0.15, 0.2) is 0 Å². The first-order valence-corrected chi connectivity index (χ1v) is 3.39. The van der Waals surface area contributed by atoms with E-state index >= 15 is 0 Å². The fourth-order valence-electron chi connectivity index (χ4n) is 0.472. The Balaban J connectivity index is 0. The molecule has 0 rings (SSSR count). The van der Waals surface area contributed by atoms with Crippen LogP contribution in [0.1, 0.15) is 27.2 Å². The Kier molecular flexibility index (Phi) is 9.79. The maximum atomic E-state index is 7.39. The minimum atomic E-state index is -0.421. The van der Waals surface area contributed by atoms with Gasteiger partial charge in [-0.2, -0.15) is 0 Å². The number of rotatable bonds is 4. The molecule has 59 valence electrons. The van der Waals surface area contributed by atoms with Crippen molar-refractivity contribution in [3.8, 4) is 0 Å². The van der Waals surface area contributed by atoms with Gasteiger partial charge in [-0.3, -0.25) is 0 Å². The van der Waals surface area contributed by atoms with E-state index < -0.39 is 5.54 Å². The quantitative estimate of drug-likeness (QED) is 0.711. The van der Waals surface area contributed by atoms with Crippen LogP contribution >= 0.6 is 0 Å². The first kappa shape index (κ1) is 13.9. The molecule has 0 bridgehead atoms. The SMILES string of the molecule is CCCOCC(C)(C)[NH-].[Ac]. The van der Waals surface area contributed by atoms with Crippen LogP contribution in [-0.2, 0) is 4.74 Å². The van der Waals surface area contributed by atoms with E-state index in [2.05, 4.69) is 6.92 Å². The molecule has 0 aliphatic heterocycles. The fourth-order valence-corrected chi connectivity index (χ4v) is 0.472. The van der Waals surface area contributed by atoms with E-state index in [9.17, 15) is 0 Å². The molecular formula is C7H16AcNO-. The number of hydrogen-bond acceptors (Lipinski definition) is 1. The van der Waals surface area contributed by atoms with E-state index in [1.54, 1.807) is 0 Å². The van der Waals surface area contributed by atoms with Crippen molar-refractivity contribution < 1.29 is 48.8 Å². The fraction of sp³-hybridized carbons (Fsp3) is 1.00. The predicted molar refractivity (Wildman–Crippen MR) is 39.5 cm³/mol. The Morgan fingerprint density at radius 3 is 2.20 bits per heavy atom. The molecule has 0 aliphatic carbocycles. The van der Waals surface area contributed by atoms with Crippen LogP contribution in [0.4, 0.5) is 0 Å². The molecule has 0 aromatic heterocycles. The second kappa shape index (κ2) is 7.03. The van der Waals surface area contributed by atoms with Gasteiger partial charge in [0.2, 0.25) is 0 Å². The second-order valence-corrected chi connectivity index (χ2v) is 2.94. The zero-order chi connectivity index (χ0) is 7.33. The van der Waals surface area contributed by atoms with Gasteiger partial charge in [-0.05, 0) is 6.42 Å². The molecule has 0 unspecified atom stereocenters. The molecule has 0 aliphatic rings. The Hall–Kier alpha value is 1.36. The summed E-state index contributed by atoms with van der Waals surface area (Å²) in [5.41, 5.74) is 6.96. The predicted octanol–water partition coefficient (Wildman–Crippen LogP) is 2.24. The zero-order valence-electron chi connectivity index (χ0n) is 7.11. The smallest absolute Gasteiger partial charge is 0.0462 e. The van der Waals surface area contributed by atoms with Gasteiger partial charge < -0.3 is 10.5 Å². The molecule has 0 saturated carbocycles. The van der Waals surface area contributed by atoms with Gasteiger partial charge in [-0.15, -0.1) is 5.54 Å². The zero-order valence-corrected chi connectivity index (χ0v) is 11.9. The van der Waals surface area contributed by atoms with E-state index in [4.69, 9.17) is 10.5 Å². The summed E-state index contributed by atoms with van der Waals surface area (Å²) in [6.45, 7) is 7.09. The van der Waals surface area contributed by atoms with Gasteiger partial charge >= 0.3 is 0 Å². The summed E-state index contributed by atoms with van der Waals surface area (Å²) in [5, 5.41) is 0. The summed E-state index contributed by atoms with van der Waals surface area (Å²) in [6, 6.07) is 0. The molecule has 0 spiro atoms. The number of ether oxygens (including phenoxy) is 1. The standard InChI is InChI=1S/C7H16NO.Ac/c1-4-5-9-6-7(2,3)8;/h8H,4-6H2,1-3H3;/q-1;. The summed E-state index contributed by atoms with van der Waals surface area (Å²) in [4.78, 5) is 0. The van der Waals surface area contributed by atoms with Crippen LogP contribution in [-0.4, -0.2) is 18.8 Å². The van der Waals surface area contributed by atoms with Crippen molar-refractivity contribution in [1.29, 1.82) is 0 Å². The minimum Gasteiger partial charge on any atom is -0.670 e. The van der Waals surface area contributed by atoms with Crippen LogP contribution in [0.5, 0.6) is 0 Å². The first-order valence-electron chi connectivity index (χ1n) is 3.39. The van der Waals surface area contributed by atoms with Crippen molar-refractivity contribution in [2.24, 2.45) is 0 Å². The molecule has 0 aromatic carbocycles. The van der Waals surface area contributed by atoms with Gasteiger partial charge in [-0.25, -0.2) is 0 Å². The van der Waals surface area contributed by atoms with Crippen LogP contribution in [0.15, 0.2) is 0 Å². The molecule has 2 nitrogen and oxygen atoms in total. The minimum absolute atomic E-state index is 0. The molecule has 3 heteroatoms. The van der Waals surface area contributed by atoms with Crippen LogP contribution in [0.25, 0.3) is 5.73 Å². The van der Waals surface area contributed by atoms with Crippen molar-refractivity contribution in [3.63, 3.8) is 0 Å². The second-order valence-electron chi connectivity index (χ2n) is 2.94. The van der Waals surface area contributed by atoms with Gasteiger partial charge in [0, 0.05) is 57.3 Å². The van der Waals surface area contributed by atoms with Crippen molar-refractivity contribution in [3.05, 3.63) is 5.73 Å². The third-order valence-corrected chi connectivity index (χ3v) is 0.811. The Morgan fingerprint density at radius 1 is 1.40 bits per heavy atom. The summed E-state index contributed by atoms with van der Waals surface area (Å²) < 4.78 is 5.16. The van der Waals surface area contributed by atoms with Crippen LogP contribution in [0.3, 0.4) is 0 Å². The summed E-state index contributed by atoms with van der Waals surface area (Å²) in [6.07, 6.45) is 1.04. The summed E-state index contributed by atoms with van der Waals surface area (Å²) in [7, 11) is 0. The third-order valence-electron chi connectivity index (χ3n) is 0.811. The molecule has 0 fully saturated rings. The van der Waals surface area contributed by atoms with Crippen molar-refractivity contribution in [1.82, 2.24) is 0 Å². The van der Waals surface area contributed by atoms with Gasteiger partial charge in [0.25, 0.3) is 0 Å². The average molecular weight is 357 g/mol. The Labute approximate surface area is 99.4 Å². The first-order chi connectivity index (χ1) is 4.06. The van der Waals surface area contributed by atoms with Gasteiger partial charge in [0.1, 0.15) is 0 Å². The normalized spacial score (nSPS) is 10.8. The van der Waals surface area contributed by atoms with E-state index in [0.717, 1.165) is 13.0 Å². The molecule has 10 heavy (non-hydrogen) atoms. The summed E-state index contributed by atoms with van der Waals surface area (Å²) >= 11 is 0. The van der Waals surface area contributed by atoms with E-state index in [-0.39, 0.29) is 44.1 Å². The molecule has 0 atom stereocenters. The molecule has 0 heterocycles. The molecule has 0 saturated heterocycles. The van der Waals surface area contributed by atoms with Crippen LogP contribution in [0, 0.1) is 44.1 Å². The van der Waals surface area contributed by atoms with Crippen LogP contribution < -0.4 is 0 Å². The van der Waals surface area contributed by atoms with Gasteiger partial charge in [0.05, 0.1) is 0 Å². The molecule has 0 aromatic rings. The molecule has 1 radical (unpaired) electrons.